The molecule has 0 saturated heterocycles. The summed E-state index contributed by atoms with van der Waals surface area (Å²) in [7, 11) is -0.826. The van der Waals surface area contributed by atoms with E-state index in [1.54, 1.807) is 56.5 Å². The van der Waals surface area contributed by atoms with Crippen LogP contribution in [0.25, 0.3) is 0 Å². The number of sulfonamides is 1. The van der Waals surface area contributed by atoms with Crippen molar-refractivity contribution in [2.75, 3.05) is 25.1 Å². The van der Waals surface area contributed by atoms with Gasteiger partial charge in [-0.2, -0.15) is 0 Å². The first-order chi connectivity index (χ1) is 15.8. The largest absolute Gasteiger partial charge is 0.493 e. The number of hydrogen-bond acceptors (Lipinski definition) is 5. The molecule has 9 heteroatoms. The summed E-state index contributed by atoms with van der Waals surface area (Å²) in [4.78, 5) is 12.8. The van der Waals surface area contributed by atoms with Gasteiger partial charge in [-0.1, -0.05) is 35.9 Å². The predicted molar refractivity (Wildman–Crippen MR) is 129 cm³/mol. The quantitative estimate of drug-likeness (QED) is 0.479. The first-order valence-electron chi connectivity index (χ1n) is 10.2. The van der Waals surface area contributed by atoms with Gasteiger partial charge in [0.25, 0.3) is 15.9 Å². The lowest BCUT2D eigenvalue weighted by Gasteiger charge is -2.23. The Kier molecular flexibility index (Phi) is 7.84. The Hall–Kier alpha value is -3.23. The second-order valence-electron chi connectivity index (χ2n) is 7.02. The second-order valence-corrected chi connectivity index (χ2v) is 9.29. The van der Waals surface area contributed by atoms with Crippen molar-refractivity contribution in [1.29, 1.82) is 0 Å². The average Bonchev–Trinajstić information content (AvgIpc) is 2.83. The topological polar surface area (TPSA) is 84.9 Å². The van der Waals surface area contributed by atoms with Crippen molar-refractivity contribution in [3.05, 3.63) is 82.9 Å². The van der Waals surface area contributed by atoms with Crippen LogP contribution in [0.1, 0.15) is 22.8 Å². The molecule has 0 spiro atoms. The number of halogens is 1. The van der Waals surface area contributed by atoms with E-state index in [4.69, 9.17) is 21.1 Å². The van der Waals surface area contributed by atoms with Gasteiger partial charge in [-0.15, -0.1) is 0 Å². The number of carbonyl (C=O) groups excluding carboxylic acids is 1. The highest BCUT2D eigenvalue weighted by Crippen LogP contribution is 2.28. The molecule has 0 saturated carbocycles. The molecule has 1 amide bonds. The van der Waals surface area contributed by atoms with Crippen molar-refractivity contribution in [1.82, 2.24) is 5.32 Å². The molecular weight excluding hydrogens is 464 g/mol. The fourth-order valence-electron chi connectivity index (χ4n) is 3.32. The van der Waals surface area contributed by atoms with Gasteiger partial charge in [0.1, 0.15) is 0 Å². The number of carbonyl (C=O) groups is 1. The molecule has 0 fully saturated rings. The third kappa shape index (κ3) is 5.40. The summed E-state index contributed by atoms with van der Waals surface area (Å²) in [6.07, 6.45) is 0. The molecule has 33 heavy (non-hydrogen) atoms. The van der Waals surface area contributed by atoms with E-state index in [0.717, 1.165) is 5.56 Å². The van der Waals surface area contributed by atoms with Gasteiger partial charge in [0.15, 0.2) is 11.5 Å². The van der Waals surface area contributed by atoms with Gasteiger partial charge in [0.2, 0.25) is 0 Å². The number of benzene rings is 3. The number of hydrogen-bond donors (Lipinski definition) is 1. The van der Waals surface area contributed by atoms with Crippen molar-refractivity contribution < 1.29 is 22.7 Å². The van der Waals surface area contributed by atoms with E-state index in [2.05, 4.69) is 5.32 Å². The molecule has 0 unspecified atom stereocenters. The Morgan fingerprint density at radius 1 is 0.970 bits per heavy atom. The monoisotopic (exact) mass is 488 g/mol. The SMILES string of the molecule is CCN(c1ccccc1)S(=O)(=O)c1ccc(Cl)c(C(=O)NCc2ccc(OC)c(OC)c2)c1. The van der Waals surface area contributed by atoms with E-state index in [-0.39, 0.29) is 28.6 Å². The van der Waals surface area contributed by atoms with Gasteiger partial charge in [0, 0.05) is 13.1 Å². The van der Waals surface area contributed by atoms with Gasteiger partial charge >= 0.3 is 0 Å². The average molecular weight is 489 g/mol. The van der Waals surface area contributed by atoms with Crippen LogP contribution in [-0.2, 0) is 16.6 Å². The van der Waals surface area contributed by atoms with Crippen molar-refractivity contribution in [3.8, 4) is 11.5 Å². The van der Waals surface area contributed by atoms with Crippen LogP contribution < -0.4 is 19.1 Å². The number of amides is 1. The molecule has 3 aromatic carbocycles. The summed E-state index contributed by atoms with van der Waals surface area (Å²) in [5.74, 6) is 0.623. The number of nitrogens with one attached hydrogen (secondary N) is 1. The molecule has 7 nitrogen and oxygen atoms in total. The molecular formula is C24H25ClN2O5S. The van der Waals surface area contributed by atoms with Crippen molar-refractivity contribution in [3.63, 3.8) is 0 Å². The van der Waals surface area contributed by atoms with Crippen LogP contribution in [0.4, 0.5) is 5.69 Å². The predicted octanol–water partition coefficient (Wildman–Crippen LogP) is 4.50. The van der Waals surface area contributed by atoms with Crippen molar-refractivity contribution in [2.45, 2.75) is 18.4 Å². The van der Waals surface area contributed by atoms with E-state index >= 15 is 0 Å². The molecule has 0 atom stereocenters. The number of ether oxygens (including phenoxy) is 2. The maximum Gasteiger partial charge on any atom is 0.264 e. The van der Waals surface area contributed by atoms with E-state index in [0.29, 0.717) is 17.2 Å². The molecule has 174 valence electrons. The lowest BCUT2D eigenvalue weighted by molar-refractivity contribution is 0.0951. The standard InChI is InChI=1S/C24H25ClN2O5S/c1-4-27(18-8-6-5-7-9-18)33(29,30)19-11-12-21(25)20(15-19)24(28)26-16-17-10-13-22(31-2)23(14-17)32-3/h5-15H,4,16H2,1-3H3,(H,26,28). The molecule has 0 aliphatic rings. The van der Waals surface area contributed by atoms with Gasteiger partial charge < -0.3 is 14.8 Å². The van der Waals surface area contributed by atoms with Gasteiger partial charge in [-0.05, 0) is 55.0 Å². The molecule has 1 N–H and O–H groups in total. The highest BCUT2D eigenvalue weighted by atomic mass is 35.5. The Morgan fingerprint density at radius 2 is 1.67 bits per heavy atom. The Balaban J connectivity index is 1.84. The molecule has 0 heterocycles. The van der Waals surface area contributed by atoms with E-state index in [1.807, 2.05) is 6.07 Å². The number of rotatable bonds is 9. The number of para-hydroxylation sites is 1. The minimum atomic E-state index is -3.90. The zero-order valence-corrected chi connectivity index (χ0v) is 20.1. The maximum absolute atomic E-state index is 13.3. The highest BCUT2D eigenvalue weighted by molar-refractivity contribution is 7.92. The maximum atomic E-state index is 13.3. The van der Waals surface area contributed by atoms with Gasteiger partial charge in [-0.3, -0.25) is 9.10 Å². The summed E-state index contributed by atoms with van der Waals surface area (Å²) in [6, 6.07) is 18.2. The van der Waals surface area contributed by atoms with Crippen LogP contribution in [0, 0.1) is 0 Å². The summed E-state index contributed by atoms with van der Waals surface area (Å²) < 4.78 is 38.3. The first-order valence-corrected chi connectivity index (χ1v) is 12.0. The third-order valence-electron chi connectivity index (χ3n) is 5.00. The molecule has 0 aromatic heterocycles. The van der Waals surface area contributed by atoms with Crippen LogP contribution in [0.15, 0.2) is 71.6 Å². The number of methoxy groups -OCH3 is 2. The van der Waals surface area contributed by atoms with E-state index in [1.165, 1.54) is 29.6 Å². The smallest absolute Gasteiger partial charge is 0.264 e. The Bertz CT molecular complexity index is 1230. The fraction of sp³-hybridized carbons (Fsp3) is 0.208. The lowest BCUT2D eigenvalue weighted by atomic mass is 10.1. The normalized spacial score (nSPS) is 11.0. The van der Waals surface area contributed by atoms with Crippen molar-refractivity contribution in [2.24, 2.45) is 0 Å². The second kappa shape index (κ2) is 10.6. The third-order valence-corrected chi connectivity index (χ3v) is 7.23. The summed E-state index contributed by atoms with van der Waals surface area (Å²) in [5, 5.41) is 2.92. The Morgan fingerprint density at radius 3 is 2.30 bits per heavy atom. The molecule has 0 aliphatic carbocycles. The molecule has 3 rings (SSSR count). The summed E-state index contributed by atoms with van der Waals surface area (Å²) in [5.41, 5.74) is 1.39. The highest BCUT2D eigenvalue weighted by Gasteiger charge is 2.25. The van der Waals surface area contributed by atoms with Crippen LogP contribution in [0.3, 0.4) is 0 Å². The van der Waals surface area contributed by atoms with Gasteiger partial charge in [0.05, 0.1) is 35.4 Å². The minimum absolute atomic E-state index is 0.0196. The van der Waals surface area contributed by atoms with Crippen LogP contribution in [-0.4, -0.2) is 35.1 Å². The van der Waals surface area contributed by atoms with Crippen LogP contribution in [0.2, 0.25) is 5.02 Å². The van der Waals surface area contributed by atoms with Crippen LogP contribution in [0.5, 0.6) is 11.5 Å². The van der Waals surface area contributed by atoms with Crippen LogP contribution >= 0.6 is 11.6 Å². The first kappa shape index (κ1) is 24.4. The molecule has 3 aromatic rings. The number of nitrogens with zero attached hydrogens (tertiary/aromatic N) is 1. The van der Waals surface area contributed by atoms with E-state index in [9.17, 15) is 13.2 Å². The lowest BCUT2D eigenvalue weighted by Crippen LogP contribution is -2.31. The summed E-state index contributed by atoms with van der Waals surface area (Å²) >= 11 is 6.23. The number of anilines is 1. The summed E-state index contributed by atoms with van der Waals surface area (Å²) in [6.45, 7) is 2.17. The molecule has 0 bridgehead atoms. The van der Waals surface area contributed by atoms with E-state index < -0.39 is 15.9 Å². The minimum Gasteiger partial charge on any atom is -0.493 e. The van der Waals surface area contributed by atoms with Crippen molar-refractivity contribution >= 4 is 33.2 Å². The van der Waals surface area contributed by atoms with Gasteiger partial charge in [-0.25, -0.2) is 8.42 Å². The Labute approximate surface area is 198 Å². The zero-order chi connectivity index (χ0) is 24.0. The fourth-order valence-corrected chi connectivity index (χ4v) is 5.02. The molecule has 0 aliphatic heterocycles. The zero-order valence-electron chi connectivity index (χ0n) is 18.5. The molecule has 0 radical (unpaired) electrons.